The number of likely N-dealkylation sites (tertiary alicyclic amines) is 1. The quantitative estimate of drug-likeness (QED) is 0.391. The maximum atomic E-state index is 13.4. The summed E-state index contributed by atoms with van der Waals surface area (Å²) in [5.41, 5.74) is 3.17. The lowest BCUT2D eigenvalue weighted by molar-refractivity contribution is -0.0190. The third-order valence-corrected chi connectivity index (χ3v) is 6.68. The Kier molecular flexibility index (Phi) is 5.79. The topological polar surface area (TPSA) is 90.0 Å². The molecule has 3 N–H and O–H groups in total. The lowest BCUT2D eigenvalue weighted by atomic mass is 9.84. The summed E-state index contributed by atoms with van der Waals surface area (Å²) in [6.07, 6.45) is 6.75. The van der Waals surface area contributed by atoms with E-state index in [2.05, 4.69) is 46.1 Å². The molecule has 0 saturated carbocycles. The van der Waals surface area contributed by atoms with Gasteiger partial charge in [0.1, 0.15) is 17.3 Å². The van der Waals surface area contributed by atoms with Crippen LogP contribution in [0.4, 0.5) is 15.9 Å². The molecule has 0 atom stereocenters. The summed E-state index contributed by atoms with van der Waals surface area (Å²) < 4.78 is 13.4. The van der Waals surface area contributed by atoms with Gasteiger partial charge in [-0.2, -0.15) is 0 Å². The largest absolute Gasteiger partial charge is 0.385 e. The smallest absolute Gasteiger partial charge is 0.161 e. The molecule has 0 aliphatic carbocycles. The Morgan fingerprint density at radius 2 is 1.85 bits per heavy atom. The second-order valence-corrected chi connectivity index (χ2v) is 9.40. The normalized spacial score (nSPS) is 16.3. The van der Waals surface area contributed by atoms with Gasteiger partial charge in [0.05, 0.1) is 11.3 Å². The molecule has 1 aromatic carbocycles. The second kappa shape index (κ2) is 8.77. The molecule has 5 rings (SSSR count). The minimum Gasteiger partial charge on any atom is -0.385 e. The summed E-state index contributed by atoms with van der Waals surface area (Å²) >= 11 is 0. The van der Waals surface area contributed by atoms with Crippen molar-refractivity contribution in [2.24, 2.45) is 0 Å². The fourth-order valence-electron chi connectivity index (χ4n) is 4.56. The molecule has 1 aliphatic rings. The number of aliphatic hydroxyl groups is 1. The summed E-state index contributed by atoms with van der Waals surface area (Å²) in [4.78, 5) is 19.3. The average molecular weight is 461 g/mol. The molecule has 1 aliphatic heterocycles. The Bertz CT molecular complexity index is 1310. The number of piperidine rings is 1. The van der Waals surface area contributed by atoms with Gasteiger partial charge in [-0.05, 0) is 56.1 Å². The number of rotatable bonds is 5. The predicted molar refractivity (Wildman–Crippen MR) is 132 cm³/mol. The Labute approximate surface area is 198 Å². The monoisotopic (exact) mass is 460 g/mol. The van der Waals surface area contributed by atoms with Crippen molar-refractivity contribution in [2.45, 2.75) is 38.2 Å². The zero-order chi connectivity index (χ0) is 23.9. The van der Waals surface area contributed by atoms with Crippen molar-refractivity contribution < 1.29 is 9.50 Å². The van der Waals surface area contributed by atoms with E-state index in [0.717, 1.165) is 40.9 Å². The van der Waals surface area contributed by atoms with E-state index in [-0.39, 0.29) is 11.7 Å². The molecule has 176 valence electrons. The molecule has 8 heteroatoms. The zero-order valence-electron chi connectivity index (χ0n) is 19.6. The highest BCUT2D eigenvalue weighted by Gasteiger charge is 2.36. The molecule has 0 bridgehead atoms. The molecule has 0 radical (unpaired) electrons. The van der Waals surface area contributed by atoms with Gasteiger partial charge >= 0.3 is 0 Å². The van der Waals surface area contributed by atoms with Gasteiger partial charge in [-0.15, -0.1) is 0 Å². The molecule has 34 heavy (non-hydrogen) atoms. The van der Waals surface area contributed by atoms with Crippen LogP contribution in [0.2, 0.25) is 0 Å². The summed E-state index contributed by atoms with van der Waals surface area (Å²) in [6, 6.07) is 8.07. The summed E-state index contributed by atoms with van der Waals surface area (Å²) in [5, 5.41) is 15.9. The van der Waals surface area contributed by atoms with E-state index >= 15 is 0 Å². The lowest BCUT2D eigenvalue weighted by Crippen LogP contribution is -2.40. The number of fused-ring (bicyclic) bond motifs is 1. The van der Waals surface area contributed by atoms with Crippen LogP contribution >= 0.6 is 0 Å². The third kappa shape index (κ3) is 4.15. The fourth-order valence-corrected chi connectivity index (χ4v) is 4.56. The summed E-state index contributed by atoms with van der Waals surface area (Å²) in [5.74, 6) is 1.08. The molecule has 0 spiro atoms. The van der Waals surface area contributed by atoms with Gasteiger partial charge in [-0.1, -0.05) is 13.8 Å². The van der Waals surface area contributed by atoms with Crippen LogP contribution in [0, 0.1) is 5.82 Å². The number of hydrogen-bond donors (Lipinski definition) is 3. The number of aromatic nitrogens is 4. The highest BCUT2D eigenvalue weighted by atomic mass is 19.1. The predicted octanol–water partition coefficient (Wildman–Crippen LogP) is 4.94. The molecule has 7 nitrogen and oxygen atoms in total. The lowest BCUT2D eigenvalue weighted by Gasteiger charge is -2.36. The second-order valence-electron chi connectivity index (χ2n) is 9.40. The van der Waals surface area contributed by atoms with Gasteiger partial charge in [0.2, 0.25) is 0 Å². The van der Waals surface area contributed by atoms with E-state index in [4.69, 9.17) is 4.98 Å². The molecule has 1 saturated heterocycles. The molecule has 4 aromatic rings. The van der Waals surface area contributed by atoms with E-state index in [1.807, 2.05) is 18.5 Å². The third-order valence-electron chi connectivity index (χ3n) is 6.68. The first-order valence-electron chi connectivity index (χ1n) is 11.6. The van der Waals surface area contributed by atoms with Gasteiger partial charge in [0.15, 0.2) is 5.82 Å². The molecule has 4 heterocycles. The van der Waals surface area contributed by atoms with Crippen LogP contribution < -0.4 is 5.32 Å². The number of pyridine rings is 1. The Hall–Kier alpha value is -3.36. The zero-order valence-corrected chi connectivity index (χ0v) is 19.6. The van der Waals surface area contributed by atoms with E-state index in [9.17, 15) is 9.50 Å². The van der Waals surface area contributed by atoms with E-state index in [0.29, 0.717) is 30.1 Å². The highest BCUT2D eigenvalue weighted by molar-refractivity contribution is 5.95. The van der Waals surface area contributed by atoms with Gasteiger partial charge in [0.25, 0.3) is 0 Å². The van der Waals surface area contributed by atoms with Gasteiger partial charge in [0, 0.05) is 53.8 Å². The maximum Gasteiger partial charge on any atom is 0.161 e. The Morgan fingerprint density at radius 3 is 2.56 bits per heavy atom. The van der Waals surface area contributed by atoms with Crippen molar-refractivity contribution in [2.75, 3.05) is 25.5 Å². The number of hydrogen-bond acceptors (Lipinski definition) is 6. The van der Waals surface area contributed by atoms with E-state index in [1.165, 1.54) is 12.1 Å². The van der Waals surface area contributed by atoms with E-state index < -0.39 is 5.60 Å². The molecular formula is C26H29FN6O. The van der Waals surface area contributed by atoms with Crippen LogP contribution in [0.5, 0.6) is 0 Å². The minimum absolute atomic E-state index is 0.186. The van der Waals surface area contributed by atoms with Crippen molar-refractivity contribution in [1.82, 2.24) is 24.8 Å². The first-order chi connectivity index (χ1) is 16.3. The number of aromatic amines is 1. The summed E-state index contributed by atoms with van der Waals surface area (Å²) in [7, 11) is 2.07. The van der Waals surface area contributed by atoms with Crippen LogP contribution in [-0.4, -0.2) is 50.1 Å². The molecule has 0 amide bonds. The number of halogens is 1. The number of anilines is 2. The standard InChI is InChI=1S/C26H29FN6O/c1-16(2)19-14-29-23(17-4-6-18(27)7-5-17)32-24(19)31-21-8-11-28-25-22(21)20(15-30-25)26(34)9-12-33(3)13-10-26/h4-8,11,14-16,34H,9-10,12-13H2,1-3H3,(H2,28,29,30,31,32). The molecule has 3 aromatic heterocycles. The van der Waals surface area contributed by atoms with Crippen molar-refractivity contribution >= 4 is 22.5 Å². The molecule has 1 fully saturated rings. The van der Waals surface area contributed by atoms with Gasteiger partial charge in [-0.25, -0.2) is 19.3 Å². The van der Waals surface area contributed by atoms with Crippen LogP contribution in [0.1, 0.15) is 43.7 Å². The first kappa shape index (κ1) is 22.4. The van der Waals surface area contributed by atoms with Gasteiger partial charge < -0.3 is 20.3 Å². The van der Waals surface area contributed by atoms with Crippen molar-refractivity contribution in [3.63, 3.8) is 0 Å². The number of nitrogens with one attached hydrogen (secondary N) is 2. The highest BCUT2D eigenvalue weighted by Crippen LogP contribution is 2.40. The van der Waals surface area contributed by atoms with Crippen molar-refractivity contribution in [1.29, 1.82) is 0 Å². The SMILES string of the molecule is CC(C)c1cnc(-c2ccc(F)cc2)nc1Nc1ccnc2[nH]cc(C3(O)CCN(C)CC3)c12. The molecular weight excluding hydrogens is 431 g/mol. The number of H-pyrrole nitrogens is 1. The van der Waals surface area contributed by atoms with E-state index in [1.54, 1.807) is 18.3 Å². The van der Waals surface area contributed by atoms with Crippen molar-refractivity contribution in [3.05, 3.63) is 65.9 Å². The number of nitrogens with zero attached hydrogens (tertiary/aromatic N) is 4. The average Bonchev–Trinajstić information content (AvgIpc) is 3.28. The summed E-state index contributed by atoms with van der Waals surface area (Å²) in [6.45, 7) is 5.84. The van der Waals surface area contributed by atoms with Crippen LogP contribution in [-0.2, 0) is 5.60 Å². The first-order valence-corrected chi connectivity index (χ1v) is 11.6. The maximum absolute atomic E-state index is 13.4. The Morgan fingerprint density at radius 1 is 1.12 bits per heavy atom. The Balaban J connectivity index is 1.58. The number of benzene rings is 1. The molecule has 0 unspecified atom stereocenters. The van der Waals surface area contributed by atoms with Crippen LogP contribution in [0.15, 0.2) is 48.9 Å². The fraction of sp³-hybridized carbons (Fsp3) is 0.346. The van der Waals surface area contributed by atoms with Crippen LogP contribution in [0.25, 0.3) is 22.4 Å². The van der Waals surface area contributed by atoms with Crippen molar-refractivity contribution in [3.8, 4) is 11.4 Å². The minimum atomic E-state index is -0.921. The van der Waals surface area contributed by atoms with Gasteiger partial charge in [-0.3, -0.25) is 0 Å². The van der Waals surface area contributed by atoms with Crippen LogP contribution in [0.3, 0.4) is 0 Å².